The Morgan fingerprint density at radius 1 is 1.50 bits per heavy atom. The molecule has 2 atom stereocenters. The molecule has 0 amide bonds. The van der Waals surface area contributed by atoms with Crippen molar-refractivity contribution >= 4 is 5.82 Å². The SMILES string of the molecule is COCc1cc(CN(C)C[C@@H]2C[C@H](F)CN2c2ccncn2)no1. The van der Waals surface area contributed by atoms with Crippen LogP contribution in [0.25, 0.3) is 0 Å². The molecule has 2 aromatic heterocycles. The maximum atomic E-state index is 13.9. The first-order valence-electron chi connectivity index (χ1n) is 7.94. The van der Waals surface area contributed by atoms with Gasteiger partial charge in [0.15, 0.2) is 5.76 Å². The van der Waals surface area contributed by atoms with E-state index in [0.29, 0.717) is 31.9 Å². The summed E-state index contributed by atoms with van der Waals surface area (Å²) in [5.74, 6) is 1.47. The molecule has 0 aromatic carbocycles. The molecule has 130 valence electrons. The zero-order valence-electron chi connectivity index (χ0n) is 13.9. The van der Waals surface area contributed by atoms with Crippen molar-refractivity contribution in [1.82, 2.24) is 20.0 Å². The normalized spacial score (nSPS) is 20.9. The van der Waals surface area contributed by atoms with E-state index in [9.17, 15) is 4.39 Å². The average molecular weight is 335 g/mol. The molecule has 0 aliphatic carbocycles. The van der Waals surface area contributed by atoms with Gasteiger partial charge in [0, 0.05) is 44.9 Å². The van der Waals surface area contributed by atoms with Crippen LogP contribution >= 0.6 is 0 Å². The van der Waals surface area contributed by atoms with Crippen molar-refractivity contribution in [1.29, 1.82) is 0 Å². The molecule has 1 saturated heterocycles. The van der Waals surface area contributed by atoms with E-state index in [0.717, 1.165) is 18.1 Å². The van der Waals surface area contributed by atoms with Crippen LogP contribution in [0.5, 0.6) is 0 Å². The summed E-state index contributed by atoms with van der Waals surface area (Å²) in [6, 6.07) is 3.78. The van der Waals surface area contributed by atoms with Crippen LogP contribution in [-0.2, 0) is 17.9 Å². The smallest absolute Gasteiger partial charge is 0.162 e. The molecule has 0 saturated carbocycles. The van der Waals surface area contributed by atoms with Crippen molar-refractivity contribution in [2.45, 2.75) is 31.8 Å². The largest absolute Gasteiger partial charge is 0.377 e. The first-order valence-corrected chi connectivity index (χ1v) is 7.94. The number of alkyl halides is 1. The zero-order valence-corrected chi connectivity index (χ0v) is 13.9. The molecule has 0 N–H and O–H groups in total. The Hall–Kier alpha value is -2.06. The van der Waals surface area contributed by atoms with Crippen molar-refractivity contribution in [3.63, 3.8) is 0 Å². The van der Waals surface area contributed by atoms with Crippen LogP contribution in [0.3, 0.4) is 0 Å². The topological polar surface area (TPSA) is 67.5 Å². The molecule has 0 radical (unpaired) electrons. The fourth-order valence-electron chi connectivity index (χ4n) is 3.11. The molecule has 24 heavy (non-hydrogen) atoms. The number of hydrogen-bond donors (Lipinski definition) is 0. The molecule has 1 aliphatic heterocycles. The van der Waals surface area contributed by atoms with Gasteiger partial charge in [0.25, 0.3) is 0 Å². The molecular weight excluding hydrogens is 313 g/mol. The number of anilines is 1. The Bertz CT molecular complexity index is 638. The van der Waals surface area contributed by atoms with Crippen molar-refractivity contribution in [3.8, 4) is 0 Å². The van der Waals surface area contributed by atoms with Crippen LogP contribution in [-0.4, -0.2) is 59.5 Å². The molecule has 3 heterocycles. The van der Waals surface area contributed by atoms with E-state index in [4.69, 9.17) is 9.26 Å². The lowest BCUT2D eigenvalue weighted by atomic mass is 10.2. The summed E-state index contributed by atoms with van der Waals surface area (Å²) < 4.78 is 24.1. The van der Waals surface area contributed by atoms with Gasteiger partial charge in [0.05, 0.1) is 12.2 Å². The summed E-state index contributed by atoms with van der Waals surface area (Å²) in [5, 5.41) is 4.04. The number of halogens is 1. The fraction of sp³-hybridized carbons (Fsp3) is 0.562. The summed E-state index contributed by atoms with van der Waals surface area (Å²) >= 11 is 0. The number of likely N-dealkylation sites (N-methyl/N-ethyl adjacent to an activating group) is 1. The van der Waals surface area contributed by atoms with Crippen molar-refractivity contribution in [2.24, 2.45) is 0 Å². The number of ether oxygens (including phenoxy) is 1. The summed E-state index contributed by atoms with van der Waals surface area (Å²) in [6.07, 6.45) is 2.84. The second-order valence-corrected chi connectivity index (χ2v) is 6.12. The monoisotopic (exact) mass is 335 g/mol. The first kappa shape index (κ1) is 16.8. The number of nitrogens with zero attached hydrogens (tertiary/aromatic N) is 5. The highest BCUT2D eigenvalue weighted by Crippen LogP contribution is 2.26. The maximum Gasteiger partial charge on any atom is 0.162 e. The standard InChI is InChI=1S/C16H22FN5O2/c1-21(8-13-6-15(10-23-2)24-20-13)9-14-5-12(17)7-22(14)16-3-4-18-11-19-16/h3-4,6,11-12,14H,5,7-10H2,1-2H3/t12-,14-/m0/s1. The van der Waals surface area contributed by atoms with E-state index in [-0.39, 0.29) is 6.04 Å². The van der Waals surface area contributed by atoms with E-state index >= 15 is 0 Å². The van der Waals surface area contributed by atoms with Crippen molar-refractivity contribution in [2.75, 3.05) is 32.1 Å². The molecule has 0 bridgehead atoms. The van der Waals surface area contributed by atoms with E-state index in [1.54, 1.807) is 13.3 Å². The molecule has 1 aliphatic rings. The van der Waals surface area contributed by atoms with Crippen LogP contribution in [0, 0.1) is 0 Å². The molecule has 1 fully saturated rings. The molecule has 7 nitrogen and oxygen atoms in total. The average Bonchev–Trinajstić information content (AvgIpc) is 3.15. The first-order chi connectivity index (χ1) is 11.7. The third kappa shape index (κ3) is 4.07. The Balaban J connectivity index is 1.60. The number of rotatable bonds is 7. The minimum Gasteiger partial charge on any atom is -0.377 e. The van der Waals surface area contributed by atoms with E-state index in [2.05, 4.69) is 20.0 Å². The van der Waals surface area contributed by atoms with Gasteiger partial charge in [-0.15, -0.1) is 0 Å². The summed E-state index contributed by atoms with van der Waals surface area (Å²) in [5.41, 5.74) is 0.841. The van der Waals surface area contributed by atoms with Gasteiger partial charge in [-0.2, -0.15) is 0 Å². The predicted octanol–water partition coefficient (Wildman–Crippen LogP) is 1.66. The lowest BCUT2D eigenvalue weighted by Crippen LogP contribution is -2.39. The Morgan fingerprint density at radius 2 is 2.38 bits per heavy atom. The highest BCUT2D eigenvalue weighted by atomic mass is 19.1. The third-order valence-corrected chi connectivity index (χ3v) is 4.07. The number of hydrogen-bond acceptors (Lipinski definition) is 7. The lowest BCUT2D eigenvalue weighted by molar-refractivity contribution is 0.155. The summed E-state index contributed by atoms with van der Waals surface area (Å²) in [6.45, 7) is 2.14. The Labute approximate surface area is 140 Å². The number of methoxy groups -OCH3 is 1. The maximum absolute atomic E-state index is 13.9. The predicted molar refractivity (Wildman–Crippen MR) is 86.2 cm³/mol. The van der Waals surface area contributed by atoms with Gasteiger partial charge in [0.2, 0.25) is 0 Å². The molecule has 8 heteroatoms. The summed E-state index contributed by atoms with van der Waals surface area (Å²) in [4.78, 5) is 12.3. The minimum atomic E-state index is -0.835. The third-order valence-electron chi connectivity index (χ3n) is 4.07. The van der Waals surface area contributed by atoms with Gasteiger partial charge in [-0.25, -0.2) is 14.4 Å². The van der Waals surface area contributed by atoms with E-state index in [1.807, 2.05) is 24.1 Å². The van der Waals surface area contributed by atoms with Crippen molar-refractivity contribution in [3.05, 3.63) is 36.1 Å². The van der Waals surface area contributed by atoms with Crippen LogP contribution in [0.1, 0.15) is 17.9 Å². The van der Waals surface area contributed by atoms with Gasteiger partial charge in [-0.1, -0.05) is 5.16 Å². The quantitative estimate of drug-likeness (QED) is 0.762. The second kappa shape index (κ2) is 7.67. The highest BCUT2D eigenvalue weighted by Gasteiger charge is 2.33. The number of aromatic nitrogens is 3. The van der Waals surface area contributed by atoms with Crippen LogP contribution in [0.2, 0.25) is 0 Å². The van der Waals surface area contributed by atoms with Gasteiger partial charge in [-0.3, -0.25) is 4.90 Å². The van der Waals surface area contributed by atoms with Crippen molar-refractivity contribution < 1.29 is 13.7 Å². The fourth-order valence-corrected chi connectivity index (χ4v) is 3.11. The lowest BCUT2D eigenvalue weighted by Gasteiger charge is -2.28. The van der Waals surface area contributed by atoms with Crippen LogP contribution in [0.4, 0.5) is 10.2 Å². The highest BCUT2D eigenvalue weighted by molar-refractivity contribution is 5.40. The van der Waals surface area contributed by atoms with Crippen LogP contribution < -0.4 is 4.90 Å². The molecule has 0 unspecified atom stereocenters. The van der Waals surface area contributed by atoms with E-state index in [1.165, 1.54) is 6.33 Å². The Morgan fingerprint density at radius 3 is 3.12 bits per heavy atom. The van der Waals surface area contributed by atoms with Gasteiger partial charge >= 0.3 is 0 Å². The molecule has 2 aromatic rings. The van der Waals surface area contributed by atoms with E-state index < -0.39 is 6.17 Å². The summed E-state index contributed by atoms with van der Waals surface area (Å²) in [7, 11) is 3.61. The molecule has 3 rings (SSSR count). The molecular formula is C16H22FN5O2. The van der Waals surface area contributed by atoms with Gasteiger partial charge in [0.1, 0.15) is 24.9 Å². The Kier molecular flexibility index (Phi) is 5.37. The van der Waals surface area contributed by atoms with Gasteiger partial charge in [-0.05, 0) is 13.1 Å². The van der Waals surface area contributed by atoms with Gasteiger partial charge < -0.3 is 14.2 Å². The molecule has 0 spiro atoms. The van der Waals surface area contributed by atoms with Crippen LogP contribution in [0.15, 0.2) is 29.2 Å². The minimum absolute atomic E-state index is 0.0743. The zero-order chi connectivity index (χ0) is 16.9. The second-order valence-electron chi connectivity index (χ2n) is 6.12.